The van der Waals surface area contributed by atoms with E-state index in [2.05, 4.69) is 32.5 Å². The van der Waals surface area contributed by atoms with Crippen LogP contribution in [-0.2, 0) is 9.59 Å². The van der Waals surface area contributed by atoms with Crippen LogP contribution < -0.4 is 20.9 Å². The molecule has 2 aromatic heterocycles. The second-order valence-electron chi connectivity index (χ2n) is 9.78. The second-order valence-corrected chi connectivity index (χ2v) is 10.9. The van der Waals surface area contributed by atoms with Gasteiger partial charge in [-0.25, -0.2) is 9.78 Å². The number of nitrogens with one attached hydrogen (secondary N) is 3. The molecule has 2 unspecified atom stereocenters. The van der Waals surface area contributed by atoms with Gasteiger partial charge in [0.15, 0.2) is 0 Å². The number of carbonyl (C=O) groups is 3. The van der Waals surface area contributed by atoms with Gasteiger partial charge in [0.05, 0.1) is 17.4 Å². The Morgan fingerprint density at radius 3 is 2.58 bits per heavy atom. The van der Waals surface area contributed by atoms with Gasteiger partial charge in [-0.15, -0.1) is 0 Å². The third-order valence-corrected chi connectivity index (χ3v) is 8.96. The van der Waals surface area contributed by atoms with Crippen LogP contribution in [0.3, 0.4) is 0 Å². The summed E-state index contributed by atoms with van der Waals surface area (Å²) in [6.07, 6.45) is 10.7. The zero-order valence-corrected chi connectivity index (χ0v) is 20.6. The zero-order valence-electron chi connectivity index (χ0n) is 19.8. The van der Waals surface area contributed by atoms with Crippen molar-refractivity contribution in [3.63, 3.8) is 0 Å². The number of nitrogens with zero attached hydrogens (tertiary/aromatic N) is 3. The number of carbonyl (C=O) groups excluding carboxylic acids is 3. The van der Waals surface area contributed by atoms with Crippen LogP contribution in [0.5, 0.6) is 0 Å². The van der Waals surface area contributed by atoms with E-state index in [9.17, 15) is 14.4 Å². The summed E-state index contributed by atoms with van der Waals surface area (Å²) in [6.45, 7) is 3.51. The van der Waals surface area contributed by atoms with Gasteiger partial charge in [0.1, 0.15) is 10.3 Å². The molecule has 2 saturated carbocycles. The molecule has 2 fully saturated rings. The largest absolute Gasteiger partial charge is 0.350 e. The quantitative estimate of drug-likeness (QED) is 0.519. The van der Waals surface area contributed by atoms with Crippen molar-refractivity contribution in [3.8, 4) is 0 Å². The highest BCUT2D eigenvalue weighted by Gasteiger charge is 2.47. The molecule has 0 radical (unpaired) electrons. The standard InChI is InChI=1S/C26H28N6O3S/c1-2-20(33)29-16-7-4-8-17(16)30-24(34)23-22-21-19(10-12-28-25(21)36-23)32(26(35)31-22)15-9-11-27-18(13-15)14-5-3-6-14/h2,9-14,16-17,22-23H,1,3-8H2,(H,29,33)(H,30,34)(H,31,35)/t16-,17-,22?,23?/m1/s1. The Morgan fingerprint density at radius 2 is 1.83 bits per heavy atom. The first-order valence-electron chi connectivity index (χ1n) is 12.5. The molecule has 3 N–H and O–H groups in total. The lowest BCUT2D eigenvalue weighted by Gasteiger charge is -2.35. The molecule has 186 valence electrons. The average molecular weight is 505 g/mol. The fraction of sp³-hybridized carbons (Fsp3) is 0.423. The lowest BCUT2D eigenvalue weighted by molar-refractivity contribution is -0.122. The number of rotatable bonds is 6. The normalized spacial score (nSPS) is 26.6. The highest BCUT2D eigenvalue weighted by atomic mass is 32.2. The number of amides is 4. The number of aromatic nitrogens is 2. The van der Waals surface area contributed by atoms with Gasteiger partial charge in [-0.1, -0.05) is 24.8 Å². The van der Waals surface area contributed by atoms with Crippen molar-refractivity contribution in [1.82, 2.24) is 25.9 Å². The van der Waals surface area contributed by atoms with Gasteiger partial charge in [0.25, 0.3) is 0 Å². The molecule has 2 aliphatic heterocycles. The van der Waals surface area contributed by atoms with Crippen molar-refractivity contribution in [2.45, 2.75) is 72.8 Å². The minimum atomic E-state index is -0.543. The molecule has 36 heavy (non-hydrogen) atoms. The van der Waals surface area contributed by atoms with Crippen molar-refractivity contribution in [2.75, 3.05) is 4.90 Å². The van der Waals surface area contributed by atoms with E-state index in [1.165, 1.54) is 24.3 Å². The molecule has 0 aromatic carbocycles. The van der Waals surface area contributed by atoms with Crippen LogP contribution in [0.25, 0.3) is 0 Å². The molecule has 4 aliphatic rings. The van der Waals surface area contributed by atoms with E-state index in [4.69, 9.17) is 0 Å². The molecule has 2 aromatic rings. The molecule has 0 saturated heterocycles. The first-order valence-corrected chi connectivity index (χ1v) is 13.4. The zero-order chi connectivity index (χ0) is 24.8. The monoisotopic (exact) mass is 504 g/mol. The predicted octanol–water partition coefficient (Wildman–Crippen LogP) is 3.46. The maximum absolute atomic E-state index is 13.4. The average Bonchev–Trinajstić information content (AvgIpc) is 3.43. The summed E-state index contributed by atoms with van der Waals surface area (Å²) >= 11 is 1.37. The van der Waals surface area contributed by atoms with Crippen LogP contribution in [0.1, 0.15) is 61.7 Å². The van der Waals surface area contributed by atoms with Crippen molar-refractivity contribution in [2.24, 2.45) is 0 Å². The summed E-state index contributed by atoms with van der Waals surface area (Å²) in [7, 11) is 0. The smallest absolute Gasteiger partial charge is 0.327 e. The molecular formula is C26H28N6O3S. The minimum Gasteiger partial charge on any atom is -0.350 e. The lowest BCUT2D eigenvalue weighted by Crippen LogP contribution is -2.53. The molecule has 4 amide bonds. The predicted molar refractivity (Wildman–Crippen MR) is 136 cm³/mol. The number of thioether (sulfide) groups is 1. The Morgan fingerprint density at radius 1 is 1.08 bits per heavy atom. The van der Waals surface area contributed by atoms with Crippen LogP contribution >= 0.6 is 11.8 Å². The lowest BCUT2D eigenvalue weighted by atomic mass is 9.82. The molecule has 10 heteroatoms. The van der Waals surface area contributed by atoms with Crippen LogP contribution in [0, 0.1) is 0 Å². The van der Waals surface area contributed by atoms with Gasteiger partial charge in [-0.05, 0) is 56.4 Å². The first kappa shape index (κ1) is 23.0. The van der Waals surface area contributed by atoms with Crippen LogP contribution in [-0.4, -0.2) is 45.1 Å². The third kappa shape index (κ3) is 3.93. The van der Waals surface area contributed by atoms with Crippen LogP contribution in [0.15, 0.2) is 48.3 Å². The Labute approximate surface area is 213 Å². The fourth-order valence-corrected chi connectivity index (χ4v) is 6.83. The topological polar surface area (TPSA) is 116 Å². The van der Waals surface area contributed by atoms with Crippen molar-refractivity contribution in [3.05, 3.63) is 54.5 Å². The van der Waals surface area contributed by atoms with Gasteiger partial charge in [-0.2, -0.15) is 0 Å². The molecule has 4 heterocycles. The maximum atomic E-state index is 13.4. The Hall–Kier alpha value is -3.40. The fourth-order valence-electron chi connectivity index (χ4n) is 5.60. The summed E-state index contributed by atoms with van der Waals surface area (Å²) in [6, 6.07) is 4.65. The molecule has 2 aliphatic carbocycles. The van der Waals surface area contributed by atoms with Gasteiger partial charge < -0.3 is 16.0 Å². The highest BCUT2D eigenvalue weighted by molar-refractivity contribution is 8.01. The second kappa shape index (κ2) is 9.24. The van der Waals surface area contributed by atoms with E-state index in [1.807, 2.05) is 18.2 Å². The Bertz CT molecular complexity index is 1250. The van der Waals surface area contributed by atoms with Crippen LogP contribution in [0.2, 0.25) is 0 Å². The van der Waals surface area contributed by atoms with E-state index in [0.717, 1.165) is 59.8 Å². The summed E-state index contributed by atoms with van der Waals surface area (Å²) in [5.41, 5.74) is 3.40. The van der Waals surface area contributed by atoms with Gasteiger partial charge in [0.2, 0.25) is 11.8 Å². The van der Waals surface area contributed by atoms with Crippen molar-refractivity contribution in [1.29, 1.82) is 0 Å². The molecule has 9 nitrogen and oxygen atoms in total. The molecule has 0 spiro atoms. The van der Waals surface area contributed by atoms with E-state index in [-0.39, 0.29) is 29.9 Å². The van der Waals surface area contributed by atoms with Crippen molar-refractivity contribution >= 4 is 41.0 Å². The van der Waals surface area contributed by atoms with Crippen LogP contribution in [0.4, 0.5) is 16.2 Å². The SMILES string of the molecule is C=CC(=O)N[C@@H]1CCC[C@H]1NC(=O)C1Sc2nccc3c2C1NC(=O)N3c1ccnc(C2CCC2)c1. The van der Waals surface area contributed by atoms with Gasteiger partial charge in [-0.3, -0.25) is 19.5 Å². The third-order valence-electron chi connectivity index (χ3n) is 7.67. The first-order chi connectivity index (χ1) is 17.5. The summed E-state index contributed by atoms with van der Waals surface area (Å²) in [5.74, 6) is 0.0468. The van der Waals surface area contributed by atoms with Gasteiger partial charge in [0, 0.05) is 41.7 Å². The number of anilines is 2. The Balaban J connectivity index is 1.25. The minimum absolute atomic E-state index is 0.130. The molecule has 6 rings (SSSR count). The highest BCUT2D eigenvalue weighted by Crippen LogP contribution is 2.51. The van der Waals surface area contributed by atoms with Gasteiger partial charge >= 0.3 is 6.03 Å². The van der Waals surface area contributed by atoms with E-state index < -0.39 is 11.3 Å². The summed E-state index contributed by atoms with van der Waals surface area (Å²) in [5, 5.41) is 9.32. The maximum Gasteiger partial charge on any atom is 0.327 e. The van der Waals surface area contributed by atoms with E-state index in [0.29, 0.717) is 5.92 Å². The van der Waals surface area contributed by atoms with E-state index in [1.54, 1.807) is 17.3 Å². The Kier molecular flexibility index (Phi) is 5.91. The number of urea groups is 1. The molecule has 0 bridgehead atoms. The number of hydrogen-bond acceptors (Lipinski definition) is 6. The number of pyridine rings is 2. The number of hydrogen-bond donors (Lipinski definition) is 3. The van der Waals surface area contributed by atoms with Crippen molar-refractivity contribution < 1.29 is 14.4 Å². The summed E-state index contributed by atoms with van der Waals surface area (Å²) in [4.78, 5) is 49.4. The molecular weight excluding hydrogens is 476 g/mol. The molecule has 4 atom stereocenters. The summed E-state index contributed by atoms with van der Waals surface area (Å²) < 4.78 is 0. The van der Waals surface area contributed by atoms with E-state index >= 15 is 0 Å².